The molecule has 0 unspecified atom stereocenters. The van der Waals surface area contributed by atoms with Crippen LogP contribution < -0.4 is 9.46 Å². The molecule has 0 bridgehead atoms. The minimum atomic E-state index is -4.34. The van der Waals surface area contributed by atoms with Crippen molar-refractivity contribution in [3.05, 3.63) is 93.4 Å². The molecular weight excluding hydrogens is 422 g/mol. The van der Waals surface area contributed by atoms with Crippen LogP contribution in [0.3, 0.4) is 0 Å². The van der Waals surface area contributed by atoms with Crippen LogP contribution in [0.4, 0.5) is 11.4 Å². The molecule has 0 atom stereocenters. The Morgan fingerprint density at radius 1 is 1.10 bits per heavy atom. The minimum absolute atomic E-state index is 0.0558. The predicted octanol–water partition coefficient (Wildman–Crippen LogP) is 4.40. The van der Waals surface area contributed by atoms with Crippen molar-refractivity contribution in [3.63, 3.8) is 0 Å². The van der Waals surface area contributed by atoms with Gasteiger partial charge in [0.05, 0.1) is 10.6 Å². The topological polar surface area (TPSA) is 143 Å². The van der Waals surface area contributed by atoms with Gasteiger partial charge in [-0.25, -0.2) is 8.42 Å². The van der Waals surface area contributed by atoms with Gasteiger partial charge < -0.3 is 9.84 Å². The third kappa shape index (κ3) is 5.17. The third-order valence-corrected chi connectivity index (χ3v) is 5.27. The Morgan fingerprint density at radius 3 is 2.45 bits per heavy atom. The van der Waals surface area contributed by atoms with Gasteiger partial charge in [-0.05, 0) is 42.0 Å². The second-order valence-corrected chi connectivity index (χ2v) is 7.79. The standard InChI is InChI=1S/C21H15N3O6S/c22-14-17(12-15-10-11-20(25)19(13-15)24(26)27)31(28,29)23-18-8-4-5-9-21(18)30-16-6-2-1-3-7-16/h1-13,23,25H/b17-12-. The van der Waals surface area contributed by atoms with Gasteiger partial charge in [0.1, 0.15) is 11.8 Å². The first-order valence-electron chi connectivity index (χ1n) is 8.74. The number of sulfonamides is 1. The number of hydrogen-bond acceptors (Lipinski definition) is 7. The molecule has 0 saturated heterocycles. The number of benzene rings is 3. The molecule has 31 heavy (non-hydrogen) atoms. The Balaban J connectivity index is 1.93. The number of aromatic hydroxyl groups is 1. The molecule has 3 aromatic carbocycles. The molecule has 3 aromatic rings. The number of nitro groups is 1. The van der Waals surface area contributed by atoms with Crippen molar-refractivity contribution in [2.24, 2.45) is 0 Å². The number of phenols is 1. The third-order valence-electron chi connectivity index (χ3n) is 4.00. The van der Waals surface area contributed by atoms with E-state index in [-0.39, 0.29) is 17.0 Å². The summed E-state index contributed by atoms with van der Waals surface area (Å²) in [5, 5.41) is 29.9. The molecule has 0 aliphatic carbocycles. The molecule has 10 heteroatoms. The van der Waals surface area contributed by atoms with Crippen LogP contribution in [0.15, 0.2) is 77.7 Å². The molecule has 0 fully saturated rings. The fourth-order valence-corrected chi connectivity index (χ4v) is 3.53. The van der Waals surface area contributed by atoms with Gasteiger partial charge in [0.25, 0.3) is 10.0 Å². The Labute approximate surface area is 177 Å². The number of anilines is 1. The second kappa shape index (κ2) is 8.98. The van der Waals surface area contributed by atoms with Crippen molar-refractivity contribution in [1.29, 1.82) is 5.26 Å². The number of para-hydroxylation sites is 3. The predicted molar refractivity (Wildman–Crippen MR) is 114 cm³/mol. The lowest BCUT2D eigenvalue weighted by Crippen LogP contribution is -2.14. The smallest absolute Gasteiger partial charge is 0.311 e. The van der Waals surface area contributed by atoms with Crippen LogP contribution in [-0.2, 0) is 10.0 Å². The highest BCUT2D eigenvalue weighted by atomic mass is 32.2. The van der Waals surface area contributed by atoms with Crippen molar-refractivity contribution in [2.45, 2.75) is 0 Å². The average Bonchev–Trinajstić information content (AvgIpc) is 2.74. The number of ether oxygens (including phenoxy) is 1. The van der Waals surface area contributed by atoms with E-state index in [1.165, 1.54) is 12.1 Å². The van der Waals surface area contributed by atoms with Gasteiger partial charge >= 0.3 is 5.69 Å². The van der Waals surface area contributed by atoms with Crippen LogP contribution in [0, 0.1) is 21.4 Å². The second-order valence-electron chi connectivity index (χ2n) is 6.14. The zero-order valence-corrected chi connectivity index (χ0v) is 16.6. The normalized spacial score (nSPS) is 11.4. The molecule has 3 rings (SSSR count). The fourth-order valence-electron chi connectivity index (χ4n) is 2.55. The summed E-state index contributed by atoms with van der Waals surface area (Å²) < 4.78 is 33.6. The maximum Gasteiger partial charge on any atom is 0.311 e. The lowest BCUT2D eigenvalue weighted by molar-refractivity contribution is -0.385. The van der Waals surface area contributed by atoms with Gasteiger partial charge in [-0.1, -0.05) is 36.4 Å². The molecular formula is C21H15N3O6S. The summed E-state index contributed by atoms with van der Waals surface area (Å²) in [6.45, 7) is 0. The lowest BCUT2D eigenvalue weighted by Gasteiger charge is -2.13. The highest BCUT2D eigenvalue weighted by molar-refractivity contribution is 7.97. The summed E-state index contributed by atoms with van der Waals surface area (Å²) in [5.74, 6) is 0.130. The van der Waals surface area contributed by atoms with Gasteiger partial charge in [0.2, 0.25) is 0 Å². The van der Waals surface area contributed by atoms with Crippen LogP contribution in [0.1, 0.15) is 5.56 Å². The molecule has 0 amide bonds. The van der Waals surface area contributed by atoms with Gasteiger partial charge in [-0.15, -0.1) is 0 Å². The number of rotatable bonds is 7. The van der Waals surface area contributed by atoms with Crippen LogP contribution in [0.5, 0.6) is 17.2 Å². The van der Waals surface area contributed by atoms with E-state index in [4.69, 9.17) is 4.74 Å². The van der Waals surface area contributed by atoms with E-state index in [1.54, 1.807) is 54.6 Å². The zero-order chi connectivity index (χ0) is 22.4. The molecule has 0 spiro atoms. The SMILES string of the molecule is N#C/C(=C/c1ccc(O)c([N+](=O)[O-])c1)S(=O)(=O)Nc1ccccc1Oc1ccccc1. The number of nitrogens with one attached hydrogen (secondary N) is 1. The molecule has 0 saturated carbocycles. The van der Waals surface area contributed by atoms with Crippen molar-refractivity contribution < 1.29 is 23.2 Å². The molecule has 0 aromatic heterocycles. The fraction of sp³-hybridized carbons (Fsp3) is 0. The first kappa shape index (κ1) is 21.4. The number of nitrogens with zero attached hydrogens (tertiary/aromatic N) is 2. The van der Waals surface area contributed by atoms with Crippen LogP contribution in [0.2, 0.25) is 0 Å². The van der Waals surface area contributed by atoms with E-state index in [0.717, 1.165) is 18.2 Å². The van der Waals surface area contributed by atoms with E-state index in [2.05, 4.69) is 4.72 Å². The van der Waals surface area contributed by atoms with Gasteiger partial charge in [-0.2, -0.15) is 5.26 Å². The summed E-state index contributed by atoms with van der Waals surface area (Å²) >= 11 is 0. The largest absolute Gasteiger partial charge is 0.502 e. The molecule has 0 radical (unpaired) electrons. The maximum atomic E-state index is 12.8. The van der Waals surface area contributed by atoms with E-state index in [9.17, 15) is 28.9 Å². The van der Waals surface area contributed by atoms with E-state index in [0.29, 0.717) is 5.75 Å². The molecule has 2 N–H and O–H groups in total. The van der Waals surface area contributed by atoms with Gasteiger partial charge in [-0.3, -0.25) is 14.8 Å². The minimum Gasteiger partial charge on any atom is -0.502 e. The summed E-state index contributed by atoms with van der Waals surface area (Å²) in [5.41, 5.74) is -0.456. The van der Waals surface area contributed by atoms with Crippen molar-refractivity contribution >= 4 is 27.5 Å². The van der Waals surface area contributed by atoms with E-state index < -0.39 is 31.3 Å². The van der Waals surface area contributed by atoms with Crippen LogP contribution in [-0.4, -0.2) is 18.4 Å². The Morgan fingerprint density at radius 2 is 1.77 bits per heavy atom. The monoisotopic (exact) mass is 437 g/mol. The molecule has 0 aliphatic heterocycles. The lowest BCUT2D eigenvalue weighted by atomic mass is 10.2. The molecule has 0 heterocycles. The number of hydrogen-bond donors (Lipinski definition) is 2. The average molecular weight is 437 g/mol. The molecule has 156 valence electrons. The van der Waals surface area contributed by atoms with Crippen LogP contribution in [0.25, 0.3) is 6.08 Å². The van der Waals surface area contributed by atoms with E-state index >= 15 is 0 Å². The van der Waals surface area contributed by atoms with Crippen molar-refractivity contribution in [3.8, 4) is 23.3 Å². The Kier molecular flexibility index (Phi) is 6.18. The van der Waals surface area contributed by atoms with Crippen molar-refractivity contribution in [1.82, 2.24) is 0 Å². The summed E-state index contributed by atoms with van der Waals surface area (Å²) in [4.78, 5) is 9.47. The maximum absolute atomic E-state index is 12.8. The molecule has 9 nitrogen and oxygen atoms in total. The Hall–Kier alpha value is -4.36. The Bertz CT molecular complexity index is 1300. The molecule has 0 aliphatic rings. The quantitative estimate of drug-likeness (QED) is 0.317. The number of nitriles is 1. The summed E-state index contributed by atoms with van der Waals surface area (Å²) in [6, 6.07) is 19.8. The first-order valence-corrected chi connectivity index (χ1v) is 10.2. The van der Waals surface area contributed by atoms with E-state index in [1.807, 2.05) is 0 Å². The number of nitro benzene ring substituents is 1. The number of allylic oxidation sites excluding steroid dienone is 1. The van der Waals surface area contributed by atoms with Gasteiger partial charge in [0, 0.05) is 6.07 Å². The first-order chi connectivity index (χ1) is 14.8. The highest BCUT2D eigenvalue weighted by Crippen LogP contribution is 2.31. The van der Waals surface area contributed by atoms with Crippen molar-refractivity contribution in [2.75, 3.05) is 4.72 Å². The van der Waals surface area contributed by atoms with Gasteiger partial charge in [0.15, 0.2) is 16.4 Å². The van der Waals surface area contributed by atoms with Crippen LogP contribution >= 0.6 is 0 Å². The number of phenolic OH excluding ortho intramolecular Hbond substituents is 1. The summed E-state index contributed by atoms with van der Waals surface area (Å²) in [6.07, 6.45) is 0.968. The summed E-state index contributed by atoms with van der Waals surface area (Å²) in [7, 11) is -4.34. The zero-order valence-electron chi connectivity index (χ0n) is 15.8. The highest BCUT2D eigenvalue weighted by Gasteiger charge is 2.21.